The van der Waals surface area contributed by atoms with E-state index in [9.17, 15) is 9.59 Å². The minimum absolute atomic E-state index is 0.321. The zero-order chi connectivity index (χ0) is 21.5. The number of rotatable bonds is 7. The molecule has 0 aliphatic carbocycles. The number of esters is 1. The van der Waals surface area contributed by atoms with Crippen LogP contribution in [0.4, 0.5) is 0 Å². The molecule has 0 unspecified atom stereocenters. The van der Waals surface area contributed by atoms with Gasteiger partial charge in [-0.3, -0.25) is 4.79 Å². The van der Waals surface area contributed by atoms with Gasteiger partial charge in [-0.1, -0.05) is 12.1 Å². The normalized spacial score (nSPS) is 10.8. The van der Waals surface area contributed by atoms with Crippen molar-refractivity contribution >= 4 is 18.1 Å². The Morgan fingerprint density at radius 1 is 1.07 bits per heavy atom. The summed E-state index contributed by atoms with van der Waals surface area (Å²) in [6.07, 6.45) is 1.55. The van der Waals surface area contributed by atoms with Crippen LogP contribution in [0.5, 0.6) is 5.75 Å². The first-order valence-corrected chi connectivity index (χ1v) is 9.27. The van der Waals surface area contributed by atoms with Crippen LogP contribution in [0.2, 0.25) is 0 Å². The molecular formula is C23H22N2O5. The molecule has 0 fully saturated rings. The Hall–Kier alpha value is -3.87. The van der Waals surface area contributed by atoms with E-state index in [0.29, 0.717) is 35.0 Å². The van der Waals surface area contributed by atoms with Crippen LogP contribution in [0, 0.1) is 13.8 Å². The van der Waals surface area contributed by atoms with Gasteiger partial charge in [0.1, 0.15) is 23.9 Å². The zero-order valence-corrected chi connectivity index (χ0v) is 17.0. The maximum Gasteiger partial charge on any atom is 0.337 e. The van der Waals surface area contributed by atoms with Crippen molar-refractivity contribution in [3.05, 3.63) is 88.4 Å². The SMILES string of the molecule is COC(=O)c1ccc(COc2ccc(/C=N\NC(=O)c3cc(C)oc3C)cc2)cc1. The maximum atomic E-state index is 12.1. The number of nitrogens with one attached hydrogen (secondary N) is 1. The van der Waals surface area contributed by atoms with E-state index in [1.54, 1.807) is 38.3 Å². The van der Waals surface area contributed by atoms with Crippen molar-refractivity contribution in [2.45, 2.75) is 20.5 Å². The molecule has 0 saturated heterocycles. The monoisotopic (exact) mass is 406 g/mol. The van der Waals surface area contributed by atoms with Gasteiger partial charge in [-0.25, -0.2) is 10.2 Å². The predicted octanol–water partition coefficient (Wildman–Crippen LogP) is 4.03. The highest BCUT2D eigenvalue weighted by Crippen LogP contribution is 2.15. The van der Waals surface area contributed by atoms with Crippen molar-refractivity contribution in [3.63, 3.8) is 0 Å². The molecule has 0 bridgehead atoms. The second-order valence-corrected chi connectivity index (χ2v) is 6.57. The van der Waals surface area contributed by atoms with Crippen molar-refractivity contribution < 1.29 is 23.5 Å². The third kappa shape index (κ3) is 5.35. The van der Waals surface area contributed by atoms with Gasteiger partial charge in [0, 0.05) is 0 Å². The molecule has 7 heteroatoms. The molecule has 2 aromatic carbocycles. The van der Waals surface area contributed by atoms with Crippen molar-refractivity contribution in [1.29, 1.82) is 0 Å². The highest BCUT2D eigenvalue weighted by molar-refractivity contribution is 5.95. The number of carbonyl (C=O) groups is 2. The number of ether oxygens (including phenoxy) is 2. The quantitative estimate of drug-likeness (QED) is 0.364. The summed E-state index contributed by atoms with van der Waals surface area (Å²) in [6, 6.07) is 16.0. The number of hydrogen-bond acceptors (Lipinski definition) is 6. The summed E-state index contributed by atoms with van der Waals surface area (Å²) in [5.41, 5.74) is 5.19. The third-order valence-corrected chi connectivity index (χ3v) is 4.33. The lowest BCUT2D eigenvalue weighted by Gasteiger charge is -2.07. The average Bonchev–Trinajstić information content (AvgIpc) is 3.11. The van der Waals surface area contributed by atoms with Crippen LogP contribution in [0.15, 0.2) is 64.1 Å². The molecule has 3 aromatic rings. The van der Waals surface area contributed by atoms with Crippen LogP contribution in [0.3, 0.4) is 0 Å². The number of amides is 1. The minimum Gasteiger partial charge on any atom is -0.489 e. The Labute approximate surface area is 174 Å². The third-order valence-electron chi connectivity index (χ3n) is 4.33. The zero-order valence-electron chi connectivity index (χ0n) is 17.0. The van der Waals surface area contributed by atoms with E-state index in [-0.39, 0.29) is 11.9 Å². The molecule has 3 rings (SSSR count). The fraction of sp³-hybridized carbons (Fsp3) is 0.174. The van der Waals surface area contributed by atoms with E-state index in [1.807, 2.05) is 36.4 Å². The molecule has 0 aliphatic heterocycles. The first kappa shape index (κ1) is 20.9. The molecule has 0 radical (unpaired) electrons. The number of aryl methyl sites for hydroxylation is 2. The fourth-order valence-corrected chi connectivity index (χ4v) is 2.75. The Bertz CT molecular complexity index is 1050. The van der Waals surface area contributed by atoms with Crippen LogP contribution in [0.1, 0.15) is 43.4 Å². The van der Waals surface area contributed by atoms with Crippen molar-refractivity contribution in [3.8, 4) is 5.75 Å². The van der Waals surface area contributed by atoms with Gasteiger partial charge in [0.15, 0.2) is 0 Å². The lowest BCUT2D eigenvalue weighted by molar-refractivity contribution is 0.0600. The standard InChI is InChI=1S/C23H22N2O5/c1-15-12-21(16(2)30-15)22(26)25-24-13-17-6-10-20(11-7-17)29-14-18-4-8-19(9-5-18)23(27)28-3/h4-13H,14H2,1-3H3,(H,25,26)/b24-13-. The molecule has 0 spiro atoms. The van der Waals surface area contributed by atoms with Gasteiger partial charge in [0.2, 0.25) is 0 Å². The number of benzene rings is 2. The van der Waals surface area contributed by atoms with E-state index in [4.69, 9.17) is 9.15 Å². The summed E-state index contributed by atoms with van der Waals surface area (Å²) in [5, 5.41) is 3.98. The number of furan rings is 1. The van der Waals surface area contributed by atoms with Crippen LogP contribution in [0.25, 0.3) is 0 Å². The summed E-state index contributed by atoms with van der Waals surface area (Å²) >= 11 is 0. The summed E-state index contributed by atoms with van der Waals surface area (Å²) in [5.74, 6) is 1.24. The van der Waals surface area contributed by atoms with Gasteiger partial charge in [-0.2, -0.15) is 5.10 Å². The summed E-state index contributed by atoms with van der Waals surface area (Å²) < 4.78 is 15.8. The molecule has 1 amide bonds. The van der Waals surface area contributed by atoms with Crippen LogP contribution < -0.4 is 10.2 Å². The van der Waals surface area contributed by atoms with E-state index in [0.717, 1.165) is 11.1 Å². The first-order chi connectivity index (χ1) is 14.5. The van der Waals surface area contributed by atoms with Gasteiger partial charge in [-0.05, 0) is 67.4 Å². The Kier molecular flexibility index (Phi) is 6.64. The minimum atomic E-state index is -0.370. The highest BCUT2D eigenvalue weighted by Gasteiger charge is 2.12. The van der Waals surface area contributed by atoms with E-state index in [1.165, 1.54) is 7.11 Å². The Morgan fingerprint density at radius 3 is 2.37 bits per heavy atom. The summed E-state index contributed by atoms with van der Waals surface area (Å²) in [7, 11) is 1.35. The van der Waals surface area contributed by atoms with Crippen molar-refractivity contribution in [2.75, 3.05) is 7.11 Å². The number of hydrazone groups is 1. The second kappa shape index (κ2) is 9.56. The van der Waals surface area contributed by atoms with Gasteiger partial charge in [-0.15, -0.1) is 0 Å². The van der Waals surface area contributed by atoms with Crippen LogP contribution in [-0.2, 0) is 11.3 Å². The van der Waals surface area contributed by atoms with Gasteiger partial charge in [0.25, 0.3) is 5.91 Å². The molecule has 7 nitrogen and oxygen atoms in total. The lowest BCUT2D eigenvalue weighted by atomic mass is 10.1. The van der Waals surface area contributed by atoms with Crippen molar-refractivity contribution in [2.24, 2.45) is 5.10 Å². The smallest absolute Gasteiger partial charge is 0.337 e. The molecule has 1 aromatic heterocycles. The van der Waals surface area contributed by atoms with E-state index in [2.05, 4.69) is 15.3 Å². The molecule has 30 heavy (non-hydrogen) atoms. The summed E-state index contributed by atoms with van der Waals surface area (Å²) in [4.78, 5) is 23.5. The predicted molar refractivity (Wildman–Crippen MR) is 112 cm³/mol. The first-order valence-electron chi connectivity index (χ1n) is 9.27. The maximum absolute atomic E-state index is 12.1. The Morgan fingerprint density at radius 2 is 1.77 bits per heavy atom. The Balaban J connectivity index is 1.51. The summed E-state index contributed by atoms with van der Waals surface area (Å²) in [6.45, 7) is 3.89. The molecule has 0 aliphatic rings. The molecule has 1 N–H and O–H groups in total. The molecule has 1 heterocycles. The molecular weight excluding hydrogens is 384 g/mol. The highest BCUT2D eigenvalue weighted by atomic mass is 16.5. The van der Waals surface area contributed by atoms with Gasteiger partial charge < -0.3 is 13.9 Å². The number of hydrogen-bond donors (Lipinski definition) is 1. The van der Waals surface area contributed by atoms with E-state index >= 15 is 0 Å². The van der Waals surface area contributed by atoms with Crippen LogP contribution >= 0.6 is 0 Å². The second-order valence-electron chi connectivity index (χ2n) is 6.57. The number of carbonyl (C=O) groups excluding carboxylic acids is 2. The molecule has 0 atom stereocenters. The number of methoxy groups -OCH3 is 1. The fourth-order valence-electron chi connectivity index (χ4n) is 2.75. The van der Waals surface area contributed by atoms with Gasteiger partial charge in [0.05, 0.1) is 24.5 Å². The average molecular weight is 406 g/mol. The topological polar surface area (TPSA) is 90.1 Å². The molecule has 154 valence electrons. The van der Waals surface area contributed by atoms with Crippen molar-refractivity contribution in [1.82, 2.24) is 5.43 Å². The lowest BCUT2D eigenvalue weighted by Crippen LogP contribution is -2.17. The van der Waals surface area contributed by atoms with E-state index < -0.39 is 0 Å². The van der Waals surface area contributed by atoms with Gasteiger partial charge >= 0.3 is 5.97 Å². The largest absolute Gasteiger partial charge is 0.489 e. The molecule has 0 saturated carbocycles. The number of nitrogens with zero attached hydrogens (tertiary/aromatic N) is 1. The van der Waals surface area contributed by atoms with Crippen LogP contribution in [-0.4, -0.2) is 25.2 Å².